The van der Waals surface area contributed by atoms with Gasteiger partial charge in [0, 0.05) is 19.8 Å². The van der Waals surface area contributed by atoms with Crippen LogP contribution in [0.1, 0.15) is 50.5 Å². The van der Waals surface area contributed by atoms with E-state index in [9.17, 15) is 0 Å². The Hall–Kier alpha value is -1.10. The number of ether oxygens (including phenoxy) is 4. The summed E-state index contributed by atoms with van der Waals surface area (Å²) >= 11 is 0. The minimum Gasteiger partial charge on any atom is -0.497 e. The van der Waals surface area contributed by atoms with Gasteiger partial charge in [-0.15, -0.1) is 0 Å². The number of hydrogen-bond acceptors (Lipinski definition) is 4. The molecular formula is C19H30O4. The number of benzene rings is 1. The van der Waals surface area contributed by atoms with E-state index >= 15 is 0 Å². The molecule has 4 nitrogen and oxygen atoms in total. The molecule has 1 aliphatic rings. The first kappa shape index (κ1) is 18.2. The Bertz CT molecular complexity index is 398. The van der Waals surface area contributed by atoms with E-state index in [1.807, 2.05) is 24.3 Å². The highest BCUT2D eigenvalue weighted by Gasteiger charge is 2.13. The van der Waals surface area contributed by atoms with Crippen molar-refractivity contribution in [3.8, 4) is 5.75 Å². The molecule has 1 aromatic rings. The molecular weight excluding hydrogens is 292 g/mol. The highest BCUT2D eigenvalue weighted by Crippen LogP contribution is 2.14. The van der Waals surface area contributed by atoms with Crippen molar-refractivity contribution < 1.29 is 18.9 Å². The van der Waals surface area contributed by atoms with Crippen LogP contribution in [0.3, 0.4) is 0 Å². The van der Waals surface area contributed by atoms with Gasteiger partial charge in [0.15, 0.2) is 6.29 Å². The lowest BCUT2D eigenvalue weighted by Gasteiger charge is -2.22. The monoisotopic (exact) mass is 322 g/mol. The summed E-state index contributed by atoms with van der Waals surface area (Å²) in [5.41, 5.74) is 1.19. The van der Waals surface area contributed by atoms with Crippen LogP contribution in [0, 0.1) is 0 Å². The number of methoxy groups -OCH3 is 1. The Balaban J connectivity index is 1.39. The van der Waals surface area contributed by atoms with Crippen LogP contribution < -0.4 is 4.74 Å². The van der Waals surface area contributed by atoms with E-state index in [2.05, 4.69) is 0 Å². The topological polar surface area (TPSA) is 36.9 Å². The fourth-order valence-corrected chi connectivity index (χ4v) is 2.63. The van der Waals surface area contributed by atoms with Gasteiger partial charge >= 0.3 is 0 Å². The molecule has 1 atom stereocenters. The molecule has 0 N–H and O–H groups in total. The van der Waals surface area contributed by atoms with Crippen LogP contribution in [0.25, 0.3) is 0 Å². The molecule has 1 heterocycles. The van der Waals surface area contributed by atoms with Crippen molar-refractivity contribution in [2.45, 2.75) is 57.8 Å². The van der Waals surface area contributed by atoms with Crippen LogP contribution in [0.15, 0.2) is 24.3 Å². The van der Waals surface area contributed by atoms with Gasteiger partial charge in [0.1, 0.15) is 5.75 Å². The molecule has 0 aliphatic carbocycles. The Morgan fingerprint density at radius 3 is 2.48 bits per heavy atom. The summed E-state index contributed by atoms with van der Waals surface area (Å²) in [5, 5.41) is 0. The van der Waals surface area contributed by atoms with Crippen LogP contribution in [-0.2, 0) is 20.8 Å². The Kier molecular flexibility index (Phi) is 9.07. The summed E-state index contributed by atoms with van der Waals surface area (Å²) in [6.45, 7) is 3.16. The third-order valence-corrected chi connectivity index (χ3v) is 4.05. The number of hydrogen-bond donors (Lipinski definition) is 0. The summed E-state index contributed by atoms with van der Waals surface area (Å²) < 4.78 is 22.1. The molecule has 130 valence electrons. The van der Waals surface area contributed by atoms with E-state index in [0.29, 0.717) is 6.61 Å². The Morgan fingerprint density at radius 1 is 1.00 bits per heavy atom. The number of unbranched alkanes of at least 4 members (excludes halogenated alkanes) is 3. The molecule has 1 saturated heterocycles. The van der Waals surface area contributed by atoms with Crippen LogP contribution >= 0.6 is 0 Å². The SMILES string of the molecule is COc1ccc(COCCCCCCOC2CCCCO2)cc1. The molecule has 0 saturated carbocycles. The van der Waals surface area contributed by atoms with Gasteiger partial charge in [-0.25, -0.2) is 0 Å². The van der Waals surface area contributed by atoms with Crippen LogP contribution in [0.4, 0.5) is 0 Å². The lowest BCUT2D eigenvalue weighted by molar-refractivity contribution is -0.162. The zero-order valence-corrected chi connectivity index (χ0v) is 14.3. The third-order valence-electron chi connectivity index (χ3n) is 4.05. The summed E-state index contributed by atoms with van der Waals surface area (Å²) in [4.78, 5) is 0. The third kappa shape index (κ3) is 7.82. The first-order valence-corrected chi connectivity index (χ1v) is 8.82. The van der Waals surface area contributed by atoms with Crippen LogP contribution in [-0.4, -0.2) is 33.2 Å². The first-order valence-electron chi connectivity index (χ1n) is 8.82. The fourth-order valence-electron chi connectivity index (χ4n) is 2.63. The quantitative estimate of drug-likeness (QED) is 0.569. The van der Waals surface area contributed by atoms with Gasteiger partial charge in [-0.3, -0.25) is 0 Å². The molecule has 1 fully saturated rings. The van der Waals surface area contributed by atoms with E-state index in [1.165, 1.54) is 31.2 Å². The van der Waals surface area contributed by atoms with Gasteiger partial charge in [-0.1, -0.05) is 25.0 Å². The highest BCUT2D eigenvalue weighted by molar-refractivity contribution is 5.26. The van der Waals surface area contributed by atoms with Gasteiger partial charge in [0.05, 0.1) is 13.7 Å². The van der Waals surface area contributed by atoms with Gasteiger partial charge in [-0.05, 0) is 49.8 Å². The van der Waals surface area contributed by atoms with Gasteiger partial charge in [0.2, 0.25) is 0 Å². The molecule has 0 radical (unpaired) electrons. The molecule has 1 aromatic carbocycles. The molecule has 0 spiro atoms. The van der Waals surface area contributed by atoms with Crippen LogP contribution in [0.5, 0.6) is 5.75 Å². The zero-order chi connectivity index (χ0) is 16.2. The van der Waals surface area contributed by atoms with Crippen molar-refractivity contribution in [2.75, 3.05) is 26.9 Å². The molecule has 4 heteroatoms. The summed E-state index contributed by atoms with van der Waals surface area (Å²) in [6.07, 6.45) is 8.12. The van der Waals surface area contributed by atoms with Crippen molar-refractivity contribution >= 4 is 0 Å². The average molecular weight is 322 g/mol. The molecule has 0 aromatic heterocycles. The Morgan fingerprint density at radius 2 is 1.78 bits per heavy atom. The summed E-state index contributed by atoms with van der Waals surface area (Å²) in [7, 11) is 1.68. The maximum atomic E-state index is 5.72. The molecule has 0 bridgehead atoms. The van der Waals surface area contributed by atoms with E-state index in [1.54, 1.807) is 7.11 Å². The molecule has 1 aliphatic heterocycles. The molecule has 2 rings (SSSR count). The fraction of sp³-hybridized carbons (Fsp3) is 0.684. The van der Waals surface area contributed by atoms with Crippen molar-refractivity contribution in [3.05, 3.63) is 29.8 Å². The predicted molar refractivity (Wildman–Crippen MR) is 90.7 cm³/mol. The minimum absolute atomic E-state index is 0.0524. The van der Waals surface area contributed by atoms with Crippen molar-refractivity contribution in [1.82, 2.24) is 0 Å². The molecule has 23 heavy (non-hydrogen) atoms. The average Bonchev–Trinajstić information content (AvgIpc) is 2.61. The van der Waals surface area contributed by atoms with Crippen molar-refractivity contribution in [3.63, 3.8) is 0 Å². The van der Waals surface area contributed by atoms with E-state index in [-0.39, 0.29) is 6.29 Å². The van der Waals surface area contributed by atoms with Crippen molar-refractivity contribution in [2.24, 2.45) is 0 Å². The minimum atomic E-state index is 0.0524. The van der Waals surface area contributed by atoms with Crippen LogP contribution in [0.2, 0.25) is 0 Å². The molecule has 0 amide bonds. The normalized spacial score (nSPS) is 18.0. The van der Waals surface area contributed by atoms with E-state index in [0.717, 1.165) is 44.8 Å². The lowest BCUT2D eigenvalue weighted by atomic mass is 10.2. The molecule has 1 unspecified atom stereocenters. The van der Waals surface area contributed by atoms with Gasteiger partial charge < -0.3 is 18.9 Å². The standard InChI is InChI=1S/C19H30O4/c1-20-18-11-9-17(10-12-18)16-21-13-5-2-3-6-14-22-19-8-4-7-15-23-19/h9-12,19H,2-8,13-16H2,1H3. The second-order valence-electron chi connectivity index (χ2n) is 5.98. The Labute approximate surface area is 140 Å². The largest absolute Gasteiger partial charge is 0.497 e. The van der Waals surface area contributed by atoms with E-state index in [4.69, 9.17) is 18.9 Å². The summed E-state index contributed by atoms with van der Waals surface area (Å²) in [5.74, 6) is 0.884. The first-order chi connectivity index (χ1) is 11.4. The van der Waals surface area contributed by atoms with Crippen molar-refractivity contribution in [1.29, 1.82) is 0 Å². The predicted octanol–water partition coefficient (Wildman–Crippen LogP) is 4.32. The number of rotatable bonds is 11. The van der Waals surface area contributed by atoms with Gasteiger partial charge in [-0.2, -0.15) is 0 Å². The maximum absolute atomic E-state index is 5.72. The zero-order valence-electron chi connectivity index (χ0n) is 14.3. The smallest absolute Gasteiger partial charge is 0.157 e. The second-order valence-corrected chi connectivity index (χ2v) is 5.98. The highest BCUT2D eigenvalue weighted by atomic mass is 16.7. The maximum Gasteiger partial charge on any atom is 0.157 e. The van der Waals surface area contributed by atoms with E-state index < -0.39 is 0 Å². The van der Waals surface area contributed by atoms with Gasteiger partial charge in [0.25, 0.3) is 0 Å². The lowest BCUT2D eigenvalue weighted by Crippen LogP contribution is -2.22. The second kappa shape index (κ2) is 11.4. The summed E-state index contributed by atoms with van der Waals surface area (Å²) in [6, 6.07) is 8.02.